The van der Waals surface area contributed by atoms with E-state index < -0.39 is 0 Å². The van der Waals surface area contributed by atoms with Crippen molar-refractivity contribution in [1.29, 1.82) is 0 Å². The van der Waals surface area contributed by atoms with Crippen LogP contribution in [0.2, 0.25) is 0 Å². The fourth-order valence-electron chi connectivity index (χ4n) is 3.27. The van der Waals surface area contributed by atoms with Crippen LogP contribution in [0.5, 0.6) is 0 Å². The topological polar surface area (TPSA) is 99.9 Å². The Hall–Kier alpha value is -1.96. The number of pyridine rings is 1. The van der Waals surface area contributed by atoms with Crippen molar-refractivity contribution in [2.75, 3.05) is 19.6 Å². The summed E-state index contributed by atoms with van der Waals surface area (Å²) in [5.74, 6) is 0.0356. The maximum Gasteiger partial charge on any atom is 0.221 e. The number of likely N-dealkylation sites (tertiary alicyclic amines) is 1. The van der Waals surface area contributed by atoms with E-state index in [2.05, 4.69) is 31.5 Å². The number of hydrogen-bond acceptors (Lipinski definition) is 5. The highest BCUT2D eigenvalue weighted by Crippen LogP contribution is 2.21. The smallest absolute Gasteiger partial charge is 0.221 e. The molecule has 142 valence electrons. The van der Waals surface area contributed by atoms with Gasteiger partial charge >= 0.3 is 0 Å². The van der Waals surface area contributed by atoms with E-state index >= 15 is 0 Å². The van der Waals surface area contributed by atoms with Crippen molar-refractivity contribution < 1.29 is 4.79 Å². The first-order chi connectivity index (χ1) is 12.3. The second-order valence-corrected chi connectivity index (χ2v) is 6.48. The van der Waals surface area contributed by atoms with E-state index in [-0.39, 0.29) is 18.3 Å². The Balaban J connectivity index is 0.00000243. The number of nitrogens with zero attached hydrogens (tertiary/aromatic N) is 3. The minimum absolute atomic E-state index is 0. The van der Waals surface area contributed by atoms with Gasteiger partial charge < -0.3 is 11.1 Å². The Kier molecular flexibility index (Phi) is 8.03. The standard InChI is InChI=1S/C18H26N6O.ClH/c19-7-6-18(25)21-12-16-5-1-2-9-24(16)13-15-10-17(23-22-15)14-4-3-8-20-11-14;/h3-4,8,10-11,16H,1-2,5-7,9,12-13,19H2,(H,21,25)(H,22,23);1H. The molecule has 1 amide bonds. The monoisotopic (exact) mass is 378 g/mol. The molecule has 7 nitrogen and oxygen atoms in total. The number of nitrogens with two attached hydrogens (primary N) is 1. The molecule has 0 spiro atoms. The molecule has 0 saturated carbocycles. The van der Waals surface area contributed by atoms with Gasteiger partial charge in [0.2, 0.25) is 5.91 Å². The zero-order chi connectivity index (χ0) is 17.5. The second kappa shape index (κ2) is 10.3. The minimum Gasteiger partial charge on any atom is -0.354 e. The highest BCUT2D eigenvalue weighted by Gasteiger charge is 2.23. The highest BCUT2D eigenvalue weighted by molar-refractivity contribution is 5.85. The molecule has 0 radical (unpaired) electrons. The lowest BCUT2D eigenvalue weighted by Crippen LogP contribution is -2.46. The molecule has 8 heteroatoms. The third-order valence-corrected chi connectivity index (χ3v) is 4.62. The largest absolute Gasteiger partial charge is 0.354 e. The Morgan fingerprint density at radius 1 is 1.42 bits per heavy atom. The summed E-state index contributed by atoms with van der Waals surface area (Å²) < 4.78 is 0. The number of aromatic amines is 1. The lowest BCUT2D eigenvalue weighted by Gasteiger charge is -2.35. The summed E-state index contributed by atoms with van der Waals surface area (Å²) in [6.07, 6.45) is 7.47. The van der Waals surface area contributed by atoms with Crippen molar-refractivity contribution in [3.8, 4) is 11.3 Å². The van der Waals surface area contributed by atoms with Gasteiger partial charge in [-0.05, 0) is 37.6 Å². The molecular weight excluding hydrogens is 352 g/mol. The second-order valence-electron chi connectivity index (χ2n) is 6.48. The number of rotatable bonds is 7. The first kappa shape index (κ1) is 20.4. The van der Waals surface area contributed by atoms with E-state index in [1.54, 1.807) is 6.20 Å². The maximum absolute atomic E-state index is 11.7. The molecule has 1 unspecified atom stereocenters. The van der Waals surface area contributed by atoms with Crippen molar-refractivity contribution in [3.05, 3.63) is 36.3 Å². The van der Waals surface area contributed by atoms with E-state index in [4.69, 9.17) is 5.73 Å². The number of piperidine rings is 1. The number of H-pyrrole nitrogens is 1. The molecule has 1 saturated heterocycles. The van der Waals surface area contributed by atoms with Crippen LogP contribution in [0.25, 0.3) is 11.3 Å². The van der Waals surface area contributed by atoms with E-state index in [0.717, 1.165) is 36.5 Å². The SMILES string of the molecule is Cl.NCCC(=O)NCC1CCCCN1Cc1cc(-c2cccnc2)n[nH]1. The summed E-state index contributed by atoms with van der Waals surface area (Å²) in [4.78, 5) is 18.2. The summed E-state index contributed by atoms with van der Waals surface area (Å²) in [6, 6.07) is 6.36. The van der Waals surface area contributed by atoms with Crippen molar-refractivity contribution in [2.45, 2.75) is 38.3 Å². The van der Waals surface area contributed by atoms with Crippen LogP contribution in [0, 0.1) is 0 Å². The molecule has 0 aliphatic carbocycles. The van der Waals surface area contributed by atoms with Gasteiger partial charge in [0.1, 0.15) is 0 Å². The predicted octanol–water partition coefficient (Wildman–Crippen LogP) is 1.71. The molecule has 2 aromatic heterocycles. The third kappa shape index (κ3) is 5.52. The van der Waals surface area contributed by atoms with Gasteiger partial charge in [-0.25, -0.2) is 0 Å². The number of nitrogens with one attached hydrogen (secondary N) is 2. The van der Waals surface area contributed by atoms with Crippen LogP contribution in [-0.2, 0) is 11.3 Å². The van der Waals surface area contributed by atoms with Crippen molar-refractivity contribution >= 4 is 18.3 Å². The average molecular weight is 379 g/mol. The first-order valence-electron chi connectivity index (χ1n) is 8.92. The molecule has 0 aromatic carbocycles. The molecule has 1 aliphatic heterocycles. The normalized spacial score (nSPS) is 17.5. The number of aromatic nitrogens is 3. The number of carbonyl (C=O) groups excluding carboxylic acids is 1. The van der Waals surface area contributed by atoms with Crippen LogP contribution in [-0.4, -0.2) is 51.7 Å². The molecule has 2 aromatic rings. The number of amides is 1. The van der Waals surface area contributed by atoms with E-state index in [1.165, 1.54) is 12.8 Å². The molecule has 3 heterocycles. The molecule has 3 rings (SSSR count). The molecular formula is C18H27ClN6O. The Morgan fingerprint density at radius 3 is 3.08 bits per heavy atom. The fourth-order valence-corrected chi connectivity index (χ4v) is 3.27. The van der Waals surface area contributed by atoms with E-state index in [1.807, 2.05) is 18.3 Å². The Morgan fingerprint density at radius 2 is 2.31 bits per heavy atom. The molecule has 1 aliphatic rings. The fraction of sp³-hybridized carbons (Fsp3) is 0.500. The van der Waals surface area contributed by atoms with Crippen LogP contribution < -0.4 is 11.1 Å². The summed E-state index contributed by atoms with van der Waals surface area (Å²) >= 11 is 0. The van der Waals surface area contributed by atoms with Crippen LogP contribution in [0.3, 0.4) is 0 Å². The predicted molar refractivity (Wildman–Crippen MR) is 104 cm³/mol. The number of halogens is 1. The van der Waals surface area contributed by atoms with Gasteiger partial charge in [-0.2, -0.15) is 5.10 Å². The van der Waals surface area contributed by atoms with Crippen molar-refractivity contribution in [2.24, 2.45) is 5.73 Å². The molecule has 0 bridgehead atoms. The summed E-state index contributed by atoms with van der Waals surface area (Å²) in [5.41, 5.74) is 8.43. The van der Waals surface area contributed by atoms with Gasteiger partial charge in [-0.1, -0.05) is 6.42 Å². The lowest BCUT2D eigenvalue weighted by molar-refractivity contribution is -0.121. The number of hydrogen-bond donors (Lipinski definition) is 3. The lowest BCUT2D eigenvalue weighted by atomic mass is 10.0. The van der Waals surface area contributed by atoms with Gasteiger partial charge in [0, 0.05) is 55.7 Å². The third-order valence-electron chi connectivity index (χ3n) is 4.62. The molecule has 1 fully saturated rings. The summed E-state index contributed by atoms with van der Waals surface area (Å²) in [7, 11) is 0. The molecule has 26 heavy (non-hydrogen) atoms. The molecule has 4 N–H and O–H groups in total. The minimum atomic E-state index is 0. The average Bonchev–Trinajstić information content (AvgIpc) is 3.11. The molecule has 1 atom stereocenters. The zero-order valence-corrected chi connectivity index (χ0v) is 15.7. The van der Waals surface area contributed by atoms with Gasteiger partial charge in [0.25, 0.3) is 0 Å². The van der Waals surface area contributed by atoms with Gasteiger partial charge in [-0.3, -0.25) is 19.8 Å². The number of carbonyl (C=O) groups is 1. The van der Waals surface area contributed by atoms with Gasteiger partial charge in [0.15, 0.2) is 0 Å². The quantitative estimate of drug-likeness (QED) is 0.681. The van der Waals surface area contributed by atoms with Crippen LogP contribution in [0.15, 0.2) is 30.6 Å². The van der Waals surface area contributed by atoms with Gasteiger partial charge in [0.05, 0.1) is 5.69 Å². The zero-order valence-electron chi connectivity index (χ0n) is 14.9. The van der Waals surface area contributed by atoms with Crippen LogP contribution in [0.4, 0.5) is 0 Å². The van der Waals surface area contributed by atoms with E-state index in [0.29, 0.717) is 25.6 Å². The van der Waals surface area contributed by atoms with Crippen molar-refractivity contribution in [1.82, 2.24) is 25.4 Å². The van der Waals surface area contributed by atoms with Crippen LogP contribution >= 0.6 is 12.4 Å². The van der Waals surface area contributed by atoms with E-state index in [9.17, 15) is 4.79 Å². The summed E-state index contributed by atoms with van der Waals surface area (Å²) in [6.45, 7) is 2.93. The first-order valence-corrected chi connectivity index (χ1v) is 8.92. The van der Waals surface area contributed by atoms with Gasteiger partial charge in [-0.15, -0.1) is 12.4 Å². The Labute approximate surface area is 160 Å². The summed E-state index contributed by atoms with van der Waals surface area (Å²) in [5, 5.41) is 10.5. The van der Waals surface area contributed by atoms with Crippen molar-refractivity contribution in [3.63, 3.8) is 0 Å². The highest BCUT2D eigenvalue weighted by atomic mass is 35.5. The van der Waals surface area contributed by atoms with Crippen LogP contribution in [0.1, 0.15) is 31.4 Å². The Bertz CT molecular complexity index is 677. The maximum atomic E-state index is 11.7.